The summed E-state index contributed by atoms with van der Waals surface area (Å²) in [7, 11) is 3.69. The van der Waals surface area contributed by atoms with Gasteiger partial charge in [-0.25, -0.2) is 29.1 Å². The summed E-state index contributed by atoms with van der Waals surface area (Å²) >= 11 is 7.19. The smallest absolute Gasteiger partial charge is 0.345 e. The molecule has 1 saturated heterocycles. The van der Waals surface area contributed by atoms with Crippen LogP contribution in [-0.2, 0) is 17.8 Å². The lowest BCUT2D eigenvalue weighted by Crippen LogP contribution is -2.49. The number of rotatable bonds is 9. The van der Waals surface area contributed by atoms with Crippen molar-refractivity contribution in [3.8, 4) is 62.7 Å². The molecule has 0 saturated carbocycles. The predicted molar refractivity (Wildman–Crippen MR) is 237 cm³/mol. The van der Waals surface area contributed by atoms with E-state index in [4.69, 9.17) is 44.7 Å². The Morgan fingerprint density at radius 3 is 2.55 bits per heavy atom. The minimum absolute atomic E-state index is 0.0335. The van der Waals surface area contributed by atoms with Gasteiger partial charge in [0.05, 0.1) is 23.4 Å². The van der Waals surface area contributed by atoms with Crippen LogP contribution < -0.4 is 23.7 Å². The number of aliphatic carboxylic acids is 1. The fourth-order valence-electron chi connectivity index (χ4n) is 7.94. The maximum absolute atomic E-state index is 14.2. The van der Waals surface area contributed by atoms with Gasteiger partial charge in [-0.2, -0.15) is 0 Å². The van der Waals surface area contributed by atoms with Gasteiger partial charge < -0.3 is 38.1 Å². The molecule has 1 N–H and O–H groups in total. The minimum atomic E-state index is -1.49. The number of nitrogens with zero attached hydrogens (tertiary/aromatic N) is 6. The van der Waals surface area contributed by atoms with Gasteiger partial charge in [-0.1, -0.05) is 29.8 Å². The number of halogens is 2. The Morgan fingerprint density at radius 1 is 0.938 bits per heavy atom. The summed E-state index contributed by atoms with van der Waals surface area (Å²) in [6.07, 6.45) is 0.772. The number of hydrogen-bond donors (Lipinski definition) is 1. The molecule has 0 radical (unpaired) electrons. The van der Waals surface area contributed by atoms with Crippen molar-refractivity contribution in [3.05, 3.63) is 125 Å². The summed E-state index contributed by atoms with van der Waals surface area (Å²) in [5.41, 5.74) is 4.21. The first-order chi connectivity index (χ1) is 31.1. The number of ether oxygens (including phenoxy) is 5. The van der Waals surface area contributed by atoms with Gasteiger partial charge in [0.1, 0.15) is 65.6 Å². The third-order valence-electron chi connectivity index (χ3n) is 11.4. The van der Waals surface area contributed by atoms with Gasteiger partial charge in [-0.05, 0) is 91.8 Å². The summed E-state index contributed by atoms with van der Waals surface area (Å²) < 4.78 is 52.1. The summed E-state index contributed by atoms with van der Waals surface area (Å²) in [4.78, 5) is 35.9. The second-order valence-corrected chi connectivity index (χ2v) is 16.0. The molecule has 14 nitrogen and oxygen atoms in total. The molecule has 3 aromatic heterocycles. The van der Waals surface area contributed by atoms with Crippen LogP contribution in [0.5, 0.6) is 28.9 Å². The largest absolute Gasteiger partial charge is 0.496 e. The topological polar surface area (TPSA) is 155 Å². The summed E-state index contributed by atoms with van der Waals surface area (Å²) in [5.74, 6) is 0.997. The molecule has 7 aromatic rings. The second-order valence-electron chi connectivity index (χ2n) is 15.7. The molecular weight excluding hydrogens is 843 g/mol. The number of carboxylic acid groups (broad SMARTS) is 1. The van der Waals surface area contributed by atoms with E-state index in [0.29, 0.717) is 85.0 Å². The lowest BCUT2D eigenvalue weighted by molar-refractivity contribution is -0.145. The summed E-state index contributed by atoms with van der Waals surface area (Å²) in [6, 6.07) is 23.9. The van der Waals surface area contributed by atoms with Crippen LogP contribution in [0.1, 0.15) is 16.8 Å². The van der Waals surface area contributed by atoms with Crippen molar-refractivity contribution in [2.24, 2.45) is 0 Å². The number of hydrogen-bond acceptors (Lipinski definition) is 13. The van der Waals surface area contributed by atoms with Crippen molar-refractivity contribution in [1.82, 2.24) is 29.7 Å². The van der Waals surface area contributed by atoms with E-state index in [-0.39, 0.29) is 31.2 Å². The van der Waals surface area contributed by atoms with E-state index in [1.165, 1.54) is 18.5 Å². The molecule has 3 aliphatic rings. The first-order valence-corrected chi connectivity index (χ1v) is 21.1. The number of furan rings is 1. The molecule has 1 fully saturated rings. The molecule has 2 atom stereocenters. The molecule has 0 unspecified atom stereocenters. The van der Waals surface area contributed by atoms with Gasteiger partial charge in [-0.15, -0.1) is 0 Å². The number of carbonyl (C=O) groups is 1. The molecule has 16 heteroatoms. The molecule has 10 rings (SSSR count). The van der Waals surface area contributed by atoms with Gasteiger partial charge >= 0.3 is 5.97 Å². The van der Waals surface area contributed by atoms with Crippen molar-refractivity contribution >= 4 is 28.7 Å². The maximum atomic E-state index is 14.2. The Labute approximate surface area is 373 Å². The van der Waals surface area contributed by atoms with Crippen molar-refractivity contribution in [1.29, 1.82) is 0 Å². The summed E-state index contributed by atoms with van der Waals surface area (Å²) in [6.45, 7) is 6.13. The molecule has 4 aromatic carbocycles. The Balaban J connectivity index is 1.13. The number of aromatic nitrogens is 4. The molecule has 0 spiro atoms. The molecule has 0 aliphatic carbocycles. The van der Waals surface area contributed by atoms with E-state index < -0.39 is 24.0 Å². The van der Waals surface area contributed by atoms with Gasteiger partial charge in [0.15, 0.2) is 5.82 Å². The highest BCUT2D eigenvalue weighted by molar-refractivity contribution is 6.33. The number of fused-ring (bicyclic) bond motifs is 7. The first kappa shape index (κ1) is 42.5. The molecule has 328 valence electrons. The monoisotopic (exact) mass is 886 g/mol. The van der Waals surface area contributed by atoms with Crippen molar-refractivity contribution in [3.63, 3.8) is 0 Å². The van der Waals surface area contributed by atoms with E-state index in [1.54, 1.807) is 55.8 Å². The van der Waals surface area contributed by atoms with Crippen LogP contribution in [0.25, 0.3) is 44.9 Å². The van der Waals surface area contributed by atoms with Gasteiger partial charge in [0.2, 0.25) is 17.7 Å². The SMILES string of the molecule is COc1ccccc1-c1nccc(COc2ccc3cc2C[C@H](C(=O)O)Oc2ncnc4oc(-c5ccc(F)cc5)c(c24)-c2ccc(c(Cl)c2C)O[C@H](CN2CCN(C)CC2)CO3)n1. The van der Waals surface area contributed by atoms with Crippen molar-refractivity contribution in [2.45, 2.75) is 32.2 Å². The van der Waals surface area contributed by atoms with E-state index in [1.807, 2.05) is 37.3 Å². The lowest BCUT2D eigenvalue weighted by Gasteiger charge is -2.34. The zero-order valence-electron chi connectivity index (χ0n) is 35.3. The number of benzene rings is 4. The Kier molecular flexibility index (Phi) is 12.3. The van der Waals surface area contributed by atoms with Crippen LogP contribution in [0, 0.1) is 12.7 Å². The minimum Gasteiger partial charge on any atom is -0.496 e. The number of likely N-dealkylation sites (N-methyl/N-ethyl adjacent to an activating group) is 1. The van der Waals surface area contributed by atoms with Crippen LogP contribution in [0.4, 0.5) is 4.39 Å². The third kappa shape index (κ3) is 9.00. The Morgan fingerprint density at radius 2 is 1.75 bits per heavy atom. The number of piperazine rings is 1. The van der Waals surface area contributed by atoms with Crippen LogP contribution in [0.3, 0.4) is 0 Å². The lowest BCUT2D eigenvalue weighted by atomic mass is 9.95. The highest BCUT2D eigenvalue weighted by Crippen LogP contribution is 2.47. The van der Waals surface area contributed by atoms with Gasteiger partial charge in [0, 0.05) is 62.0 Å². The van der Waals surface area contributed by atoms with E-state index >= 15 is 0 Å². The van der Waals surface area contributed by atoms with E-state index in [2.05, 4.69) is 31.8 Å². The summed E-state index contributed by atoms with van der Waals surface area (Å²) in [5, 5.41) is 11.4. The molecule has 3 aliphatic heterocycles. The predicted octanol–water partition coefficient (Wildman–Crippen LogP) is 8.16. The fraction of sp³-hybridized carbons (Fsp3) is 0.271. The van der Waals surface area contributed by atoms with Gasteiger partial charge in [-0.3, -0.25) is 4.90 Å². The van der Waals surface area contributed by atoms with Crippen molar-refractivity contribution in [2.75, 3.05) is 53.5 Å². The quantitative estimate of drug-likeness (QED) is 0.148. The standard InChI is InChI=1S/C48H44ClFN6O8/c1-28-35-13-15-39(43(28)49)62-34(24-56-20-18-55(2)19-21-56)26-60-33-12-14-37(61-25-32-16-17-51-45(54-32)36-6-4-5-7-38(36)59-3)30(22-33)23-40(48(57)58)63-46-42-41(35)44(64-47(42)53-27-52-46)29-8-10-31(50)11-9-29/h4-17,22,27,34,40H,18-21,23-26H2,1-3H3,(H,57,58)/t34-,40-/m1/s1. The molecule has 64 heavy (non-hydrogen) atoms. The Hall–Kier alpha value is -6.81. The van der Waals surface area contributed by atoms with Crippen LogP contribution in [-0.4, -0.2) is 107 Å². The average molecular weight is 887 g/mol. The normalized spacial score (nSPS) is 17.0. The fourth-order valence-corrected chi connectivity index (χ4v) is 8.15. The Bertz CT molecular complexity index is 2820. The van der Waals surface area contributed by atoms with Crippen LogP contribution >= 0.6 is 11.6 Å². The highest BCUT2D eigenvalue weighted by atomic mass is 35.5. The molecular formula is C48H44ClFN6O8. The van der Waals surface area contributed by atoms with Crippen LogP contribution in [0.15, 0.2) is 102 Å². The number of carboxylic acids is 1. The number of methoxy groups -OCH3 is 1. The third-order valence-corrected chi connectivity index (χ3v) is 11.8. The average Bonchev–Trinajstić information content (AvgIpc) is 3.70. The first-order valence-electron chi connectivity index (χ1n) is 20.8. The number of para-hydroxylation sites is 1. The van der Waals surface area contributed by atoms with Crippen LogP contribution in [0.2, 0.25) is 5.02 Å². The maximum Gasteiger partial charge on any atom is 0.345 e. The molecule has 4 bridgehead atoms. The zero-order valence-corrected chi connectivity index (χ0v) is 36.0. The van der Waals surface area contributed by atoms with E-state index in [0.717, 1.165) is 31.7 Å². The molecule has 0 amide bonds. The zero-order chi connectivity index (χ0) is 44.3. The second kappa shape index (κ2) is 18.5. The van der Waals surface area contributed by atoms with Gasteiger partial charge in [0.25, 0.3) is 0 Å². The highest BCUT2D eigenvalue weighted by Gasteiger charge is 2.31. The van der Waals surface area contributed by atoms with Crippen molar-refractivity contribution < 1.29 is 42.4 Å². The molecule has 6 heterocycles. The van der Waals surface area contributed by atoms with E-state index in [9.17, 15) is 14.3 Å².